The van der Waals surface area contributed by atoms with Crippen LogP contribution < -0.4 is 4.74 Å². The number of pyridine rings is 1. The first-order chi connectivity index (χ1) is 12.7. The Hall–Kier alpha value is -2.83. The average Bonchev–Trinajstić information content (AvgIpc) is 2.70. The van der Waals surface area contributed by atoms with Crippen LogP contribution >= 0.6 is 0 Å². The van der Waals surface area contributed by atoms with Gasteiger partial charge >= 0.3 is 5.97 Å². The molecule has 0 saturated heterocycles. The topological polar surface area (TPSA) is 91.3 Å². The Balaban J connectivity index is 1.53. The first-order valence-corrected chi connectivity index (χ1v) is 8.65. The van der Waals surface area contributed by atoms with Crippen molar-refractivity contribution in [1.29, 1.82) is 0 Å². The predicted octanol–water partition coefficient (Wildman–Crippen LogP) is 2.85. The second-order valence-corrected chi connectivity index (χ2v) is 6.37. The van der Waals surface area contributed by atoms with Crippen molar-refractivity contribution in [2.45, 2.75) is 38.2 Å². The van der Waals surface area contributed by atoms with Crippen molar-refractivity contribution in [1.82, 2.24) is 15.0 Å². The van der Waals surface area contributed by atoms with Crippen molar-refractivity contribution in [3.05, 3.63) is 36.4 Å². The van der Waals surface area contributed by atoms with E-state index in [1.165, 1.54) is 13.3 Å². The van der Waals surface area contributed by atoms with Crippen molar-refractivity contribution >= 4 is 12.3 Å². The van der Waals surface area contributed by atoms with E-state index >= 15 is 0 Å². The van der Waals surface area contributed by atoms with Crippen molar-refractivity contribution in [3.63, 3.8) is 0 Å². The maximum atomic E-state index is 11.3. The molecule has 7 nitrogen and oxygen atoms in total. The lowest BCUT2D eigenvalue weighted by molar-refractivity contribution is -0.142. The maximum absolute atomic E-state index is 11.3. The van der Waals surface area contributed by atoms with Gasteiger partial charge in [-0.25, -0.2) is 9.97 Å². The predicted molar refractivity (Wildman–Crippen MR) is 93.7 cm³/mol. The third-order valence-corrected chi connectivity index (χ3v) is 4.59. The molecule has 0 aromatic carbocycles. The molecule has 26 heavy (non-hydrogen) atoms. The van der Waals surface area contributed by atoms with Crippen LogP contribution in [0, 0.1) is 5.92 Å². The summed E-state index contributed by atoms with van der Waals surface area (Å²) in [6.45, 7) is 0. The molecule has 1 saturated carbocycles. The van der Waals surface area contributed by atoms with Crippen molar-refractivity contribution in [2.24, 2.45) is 5.92 Å². The van der Waals surface area contributed by atoms with Gasteiger partial charge in [-0.3, -0.25) is 14.6 Å². The minimum atomic E-state index is -0.143. The minimum absolute atomic E-state index is 0.119. The fourth-order valence-electron chi connectivity index (χ4n) is 3.09. The molecule has 1 fully saturated rings. The highest BCUT2D eigenvalue weighted by Crippen LogP contribution is 2.29. The van der Waals surface area contributed by atoms with Crippen LogP contribution in [0.4, 0.5) is 0 Å². The lowest BCUT2D eigenvalue weighted by Crippen LogP contribution is -2.25. The molecule has 0 spiro atoms. The number of ether oxygens (including phenoxy) is 2. The number of hydrogen-bond donors (Lipinski definition) is 0. The van der Waals surface area contributed by atoms with Gasteiger partial charge in [-0.05, 0) is 37.7 Å². The maximum Gasteiger partial charge on any atom is 0.305 e. The SMILES string of the molecule is COC(=O)CC1CCC(Oc2ccc(-c3cnc(C=O)cn3)cn2)CC1. The highest BCUT2D eigenvalue weighted by atomic mass is 16.5. The normalized spacial score (nSPS) is 19.6. The number of carbonyl (C=O) groups excluding carboxylic acids is 2. The summed E-state index contributed by atoms with van der Waals surface area (Å²) in [5.74, 6) is 0.809. The van der Waals surface area contributed by atoms with Gasteiger partial charge in [-0.15, -0.1) is 0 Å². The molecule has 0 unspecified atom stereocenters. The Morgan fingerprint density at radius 1 is 1.12 bits per heavy atom. The van der Waals surface area contributed by atoms with Crippen LogP contribution in [0.1, 0.15) is 42.6 Å². The lowest BCUT2D eigenvalue weighted by Gasteiger charge is -2.28. The number of aldehydes is 1. The van der Waals surface area contributed by atoms with Crippen LogP contribution in [0.25, 0.3) is 11.3 Å². The number of aromatic nitrogens is 3. The molecule has 3 rings (SSSR count). The van der Waals surface area contributed by atoms with E-state index in [4.69, 9.17) is 9.47 Å². The Morgan fingerprint density at radius 2 is 1.92 bits per heavy atom. The van der Waals surface area contributed by atoms with Crippen molar-refractivity contribution in [3.8, 4) is 17.1 Å². The molecular weight excluding hydrogens is 334 g/mol. The monoisotopic (exact) mass is 355 g/mol. The Morgan fingerprint density at radius 3 is 2.50 bits per heavy atom. The summed E-state index contributed by atoms with van der Waals surface area (Å²) in [6, 6.07) is 3.68. The zero-order valence-electron chi connectivity index (χ0n) is 14.6. The molecule has 0 amide bonds. The molecule has 7 heteroatoms. The molecule has 0 bridgehead atoms. The van der Waals surface area contributed by atoms with Gasteiger partial charge in [0.25, 0.3) is 0 Å². The van der Waals surface area contributed by atoms with Gasteiger partial charge in [-0.1, -0.05) is 0 Å². The van der Waals surface area contributed by atoms with E-state index in [1.807, 2.05) is 12.1 Å². The molecule has 0 radical (unpaired) electrons. The highest BCUT2D eigenvalue weighted by molar-refractivity contribution is 5.71. The molecule has 2 aromatic heterocycles. The van der Waals surface area contributed by atoms with Crippen LogP contribution in [0.3, 0.4) is 0 Å². The Bertz CT molecular complexity index is 738. The fourth-order valence-corrected chi connectivity index (χ4v) is 3.09. The summed E-state index contributed by atoms with van der Waals surface area (Å²) >= 11 is 0. The second-order valence-electron chi connectivity index (χ2n) is 6.37. The third kappa shape index (κ3) is 4.62. The molecule has 0 atom stereocenters. The van der Waals surface area contributed by atoms with E-state index in [9.17, 15) is 9.59 Å². The average molecular weight is 355 g/mol. The van der Waals surface area contributed by atoms with Gasteiger partial charge < -0.3 is 9.47 Å². The summed E-state index contributed by atoms with van der Waals surface area (Å²) in [7, 11) is 1.43. The molecule has 0 aliphatic heterocycles. The van der Waals surface area contributed by atoms with E-state index in [-0.39, 0.29) is 12.1 Å². The van der Waals surface area contributed by atoms with Crippen LogP contribution in [-0.2, 0) is 9.53 Å². The van der Waals surface area contributed by atoms with Crippen LogP contribution in [0.2, 0.25) is 0 Å². The number of nitrogens with zero attached hydrogens (tertiary/aromatic N) is 3. The lowest BCUT2D eigenvalue weighted by atomic mass is 9.85. The quantitative estimate of drug-likeness (QED) is 0.581. The smallest absolute Gasteiger partial charge is 0.305 e. The largest absolute Gasteiger partial charge is 0.474 e. The first kappa shape index (κ1) is 18.0. The van der Waals surface area contributed by atoms with E-state index < -0.39 is 0 Å². The second kappa shape index (κ2) is 8.51. The Labute approximate surface area is 151 Å². The molecule has 1 aliphatic rings. The Kier molecular flexibility index (Phi) is 5.88. The summed E-state index contributed by atoms with van der Waals surface area (Å²) in [5.41, 5.74) is 1.76. The molecular formula is C19H21N3O4. The number of hydrogen-bond acceptors (Lipinski definition) is 7. The van der Waals surface area contributed by atoms with Crippen molar-refractivity contribution < 1.29 is 19.1 Å². The fraction of sp³-hybridized carbons (Fsp3) is 0.421. The molecule has 1 aliphatic carbocycles. The van der Waals surface area contributed by atoms with Crippen LogP contribution in [-0.4, -0.2) is 40.4 Å². The van der Waals surface area contributed by atoms with Gasteiger partial charge in [0.1, 0.15) is 11.8 Å². The number of esters is 1. The summed E-state index contributed by atoms with van der Waals surface area (Å²) in [6.07, 6.45) is 9.65. The van der Waals surface area contributed by atoms with E-state index in [0.717, 1.165) is 31.2 Å². The van der Waals surface area contributed by atoms with Gasteiger partial charge in [-0.2, -0.15) is 0 Å². The number of rotatable bonds is 6. The third-order valence-electron chi connectivity index (χ3n) is 4.59. The number of carbonyl (C=O) groups is 2. The zero-order valence-corrected chi connectivity index (χ0v) is 14.6. The van der Waals surface area contributed by atoms with E-state index in [1.54, 1.807) is 12.4 Å². The van der Waals surface area contributed by atoms with E-state index in [0.29, 0.717) is 35.9 Å². The zero-order chi connectivity index (χ0) is 18.4. The summed E-state index contributed by atoms with van der Waals surface area (Å²) < 4.78 is 10.7. The number of methoxy groups -OCH3 is 1. The standard InChI is InChI=1S/C19H21N3O4/c1-25-19(24)8-13-2-5-16(6-3-13)26-18-7-4-14(9-22-18)17-11-20-15(12-23)10-21-17/h4,7,9-13,16H,2-3,5-6,8H2,1H3. The molecule has 2 aromatic rings. The van der Waals surface area contributed by atoms with Gasteiger partial charge in [0, 0.05) is 24.2 Å². The first-order valence-electron chi connectivity index (χ1n) is 8.65. The van der Waals surface area contributed by atoms with Crippen molar-refractivity contribution in [2.75, 3.05) is 7.11 Å². The summed E-state index contributed by atoms with van der Waals surface area (Å²) in [4.78, 5) is 34.5. The minimum Gasteiger partial charge on any atom is -0.474 e. The molecule has 136 valence electrons. The van der Waals surface area contributed by atoms with Crippen LogP contribution in [0.5, 0.6) is 5.88 Å². The van der Waals surface area contributed by atoms with Crippen LogP contribution in [0.15, 0.2) is 30.7 Å². The van der Waals surface area contributed by atoms with Gasteiger partial charge in [0.05, 0.1) is 25.2 Å². The van der Waals surface area contributed by atoms with Gasteiger partial charge in [0.2, 0.25) is 5.88 Å². The summed E-state index contributed by atoms with van der Waals surface area (Å²) in [5, 5.41) is 0. The highest BCUT2D eigenvalue weighted by Gasteiger charge is 2.24. The van der Waals surface area contributed by atoms with Gasteiger partial charge in [0.15, 0.2) is 6.29 Å². The molecule has 0 N–H and O–H groups in total. The molecule has 2 heterocycles. The van der Waals surface area contributed by atoms with E-state index in [2.05, 4.69) is 15.0 Å².